The lowest BCUT2D eigenvalue weighted by Gasteiger charge is -1.93. The van der Waals surface area contributed by atoms with Gasteiger partial charge in [0.25, 0.3) is 0 Å². The van der Waals surface area contributed by atoms with Crippen molar-refractivity contribution < 1.29 is 0 Å². The molecule has 0 spiro atoms. The van der Waals surface area contributed by atoms with Gasteiger partial charge in [-0.05, 0) is 32.1 Å². The molecule has 0 unspecified atom stereocenters. The minimum Gasteiger partial charge on any atom is -0.0885 e. The van der Waals surface area contributed by atoms with Gasteiger partial charge in [-0.2, -0.15) is 0 Å². The zero-order valence-corrected chi connectivity index (χ0v) is 8.68. The van der Waals surface area contributed by atoms with Gasteiger partial charge in [0.1, 0.15) is 0 Å². The molecule has 0 aromatic carbocycles. The van der Waals surface area contributed by atoms with E-state index in [-0.39, 0.29) is 0 Å². The minimum absolute atomic E-state index is 1.21. The molecule has 0 aromatic rings. The largest absolute Gasteiger partial charge is 0.0885 e. The highest BCUT2D eigenvalue weighted by Gasteiger charge is 1.83. The lowest BCUT2D eigenvalue weighted by molar-refractivity contribution is 0.727. The predicted octanol–water partition coefficient (Wildman–Crippen LogP) is 4.52. The van der Waals surface area contributed by atoms with Crippen molar-refractivity contribution in [1.82, 2.24) is 0 Å². The molecule has 0 fully saturated rings. The lowest BCUT2D eigenvalue weighted by atomic mass is 10.1. The molecule has 0 heterocycles. The molecule has 0 rings (SSSR count). The van der Waals surface area contributed by atoms with Gasteiger partial charge < -0.3 is 0 Å². The fourth-order valence-electron chi connectivity index (χ4n) is 1.17. The molecule has 12 heavy (non-hydrogen) atoms. The first-order valence-corrected chi connectivity index (χ1v) is 5.38. The van der Waals surface area contributed by atoms with E-state index in [0.717, 1.165) is 0 Å². The number of unbranched alkanes of at least 4 members (excludes halogenated alkanes) is 6. The molecule has 0 nitrogen and oxygen atoms in total. The normalized spacial score (nSPS) is 11.2. The molecule has 0 aliphatic rings. The SMILES string of the molecule is CC[CH]CCC=CCCCCC. The highest BCUT2D eigenvalue weighted by atomic mass is 13.9. The van der Waals surface area contributed by atoms with Crippen LogP contribution in [0.1, 0.15) is 58.8 Å². The number of rotatable bonds is 8. The van der Waals surface area contributed by atoms with Crippen molar-refractivity contribution in [2.24, 2.45) is 0 Å². The molecule has 1 radical (unpaired) electrons. The van der Waals surface area contributed by atoms with Gasteiger partial charge in [0, 0.05) is 0 Å². The molecular weight excluding hydrogens is 144 g/mol. The van der Waals surface area contributed by atoms with Crippen molar-refractivity contribution in [3.05, 3.63) is 18.6 Å². The summed E-state index contributed by atoms with van der Waals surface area (Å²) < 4.78 is 0. The predicted molar refractivity (Wildman–Crippen MR) is 57.1 cm³/mol. The number of hydrogen-bond donors (Lipinski definition) is 0. The molecule has 0 aliphatic carbocycles. The maximum absolute atomic E-state index is 2.34. The van der Waals surface area contributed by atoms with E-state index in [0.29, 0.717) is 0 Å². The Hall–Kier alpha value is -0.260. The van der Waals surface area contributed by atoms with Crippen molar-refractivity contribution in [1.29, 1.82) is 0 Å². The van der Waals surface area contributed by atoms with Crippen molar-refractivity contribution in [2.75, 3.05) is 0 Å². The van der Waals surface area contributed by atoms with Gasteiger partial charge in [0.15, 0.2) is 0 Å². The molecule has 0 saturated carbocycles. The standard InChI is InChI=1S/C12H23/c1-3-5-7-9-11-12-10-8-6-4-2/h5,11-12H,3-4,6-10H2,1-2H3. The van der Waals surface area contributed by atoms with Crippen molar-refractivity contribution in [2.45, 2.75) is 58.8 Å². The third-order valence-corrected chi connectivity index (χ3v) is 1.97. The van der Waals surface area contributed by atoms with Crippen LogP contribution in [0.2, 0.25) is 0 Å². The summed E-state index contributed by atoms with van der Waals surface area (Å²) in [5.41, 5.74) is 0. The highest BCUT2D eigenvalue weighted by molar-refractivity contribution is 4.83. The molecule has 0 saturated heterocycles. The topological polar surface area (TPSA) is 0 Å². The fraction of sp³-hybridized carbons (Fsp3) is 0.750. The van der Waals surface area contributed by atoms with E-state index < -0.39 is 0 Å². The summed E-state index contributed by atoms with van der Waals surface area (Å²) in [6.07, 6.45) is 16.1. The maximum Gasteiger partial charge on any atom is -0.0348 e. The second kappa shape index (κ2) is 10.7. The van der Waals surface area contributed by atoms with Crippen LogP contribution >= 0.6 is 0 Å². The van der Waals surface area contributed by atoms with Gasteiger partial charge in [-0.15, -0.1) is 0 Å². The average Bonchev–Trinajstić information content (AvgIpc) is 2.10. The molecule has 0 N–H and O–H groups in total. The van der Waals surface area contributed by atoms with Gasteiger partial charge >= 0.3 is 0 Å². The van der Waals surface area contributed by atoms with Crippen LogP contribution in [0.15, 0.2) is 12.2 Å². The highest BCUT2D eigenvalue weighted by Crippen LogP contribution is 2.02. The Morgan fingerprint density at radius 2 is 1.58 bits per heavy atom. The molecule has 71 valence electrons. The molecule has 0 aromatic heterocycles. The molecule has 0 atom stereocenters. The Kier molecular flexibility index (Phi) is 10.5. The summed E-state index contributed by atoms with van der Waals surface area (Å²) >= 11 is 0. The van der Waals surface area contributed by atoms with Crippen LogP contribution < -0.4 is 0 Å². The number of allylic oxidation sites excluding steroid dienone is 2. The van der Waals surface area contributed by atoms with Crippen LogP contribution in [-0.2, 0) is 0 Å². The van der Waals surface area contributed by atoms with E-state index in [9.17, 15) is 0 Å². The van der Waals surface area contributed by atoms with E-state index in [1.807, 2.05) is 0 Å². The summed E-state index contributed by atoms with van der Waals surface area (Å²) in [6.45, 7) is 4.45. The zero-order valence-electron chi connectivity index (χ0n) is 8.68. The van der Waals surface area contributed by atoms with E-state index in [1.54, 1.807) is 0 Å². The van der Waals surface area contributed by atoms with Gasteiger partial charge in [-0.1, -0.05) is 45.3 Å². The first-order valence-electron chi connectivity index (χ1n) is 5.38. The summed E-state index contributed by atoms with van der Waals surface area (Å²) in [4.78, 5) is 0. The Morgan fingerprint density at radius 1 is 0.833 bits per heavy atom. The Bertz CT molecular complexity index is 80.2. The van der Waals surface area contributed by atoms with Crippen LogP contribution in [-0.4, -0.2) is 0 Å². The summed E-state index contributed by atoms with van der Waals surface area (Å²) in [7, 11) is 0. The van der Waals surface area contributed by atoms with Crippen molar-refractivity contribution in [3.8, 4) is 0 Å². The Balaban J connectivity index is 2.93. The van der Waals surface area contributed by atoms with Gasteiger partial charge in [-0.3, -0.25) is 0 Å². The van der Waals surface area contributed by atoms with Gasteiger partial charge in [0.05, 0.1) is 0 Å². The molecule has 0 bridgehead atoms. The van der Waals surface area contributed by atoms with E-state index in [4.69, 9.17) is 0 Å². The summed E-state index contributed by atoms with van der Waals surface area (Å²) in [6, 6.07) is 0. The fourth-order valence-corrected chi connectivity index (χ4v) is 1.17. The lowest BCUT2D eigenvalue weighted by Crippen LogP contribution is -1.73. The average molecular weight is 167 g/mol. The number of hydrogen-bond acceptors (Lipinski definition) is 0. The van der Waals surface area contributed by atoms with Gasteiger partial charge in [-0.25, -0.2) is 0 Å². The maximum atomic E-state index is 2.34. The van der Waals surface area contributed by atoms with Crippen molar-refractivity contribution in [3.63, 3.8) is 0 Å². The molecule has 0 heteroatoms. The van der Waals surface area contributed by atoms with Gasteiger partial charge in [0.2, 0.25) is 0 Å². The third kappa shape index (κ3) is 9.74. The second-order valence-electron chi connectivity index (χ2n) is 3.24. The van der Waals surface area contributed by atoms with Crippen LogP contribution in [0.5, 0.6) is 0 Å². The van der Waals surface area contributed by atoms with Crippen molar-refractivity contribution >= 4 is 0 Å². The Labute approximate surface area is 78.1 Å². The van der Waals surface area contributed by atoms with Crippen LogP contribution in [0.25, 0.3) is 0 Å². The Morgan fingerprint density at radius 3 is 2.25 bits per heavy atom. The van der Waals surface area contributed by atoms with Crippen LogP contribution in [0.3, 0.4) is 0 Å². The van der Waals surface area contributed by atoms with Crippen LogP contribution in [0, 0.1) is 6.42 Å². The monoisotopic (exact) mass is 167 g/mol. The summed E-state index contributed by atoms with van der Waals surface area (Å²) in [5, 5.41) is 0. The molecular formula is C12H23. The minimum atomic E-state index is 1.21. The summed E-state index contributed by atoms with van der Waals surface area (Å²) in [5.74, 6) is 0. The van der Waals surface area contributed by atoms with E-state index in [2.05, 4.69) is 32.4 Å². The molecule has 0 amide bonds. The van der Waals surface area contributed by atoms with Crippen LogP contribution in [0.4, 0.5) is 0 Å². The quantitative estimate of drug-likeness (QED) is 0.368. The second-order valence-corrected chi connectivity index (χ2v) is 3.24. The first-order chi connectivity index (χ1) is 5.91. The zero-order chi connectivity index (χ0) is 9.07. The molecule has 0 aliphatic heterocycles. The van der Waals surface area contributed by atoms with E-state index in [1.165, 1.54) is 44.9 Å². The first kappa shape index (κ1) is 11.7. The smallest absolute Gasteiger partial charge is 0.0348 e. The van der Waals surface area contributed by atoms with E-state index >= 15 is 0 Å². The third-order valence-electron chi connectivity index (χ3n) is 1.97.